The molecule has 4 N–H and O–H groups in total. The van der Waals surface area contributed by atoms with Crippen LogP contribution in [0.5, 0.6) is 11.5 Å². The molecule has 0 fully saturated rings. The van der Waals surface area contributed by atoms with Crippen LogP contribution in [0.3, 0.4) is 0 Å². The van der Waals surface area contributed by atoms with Crippen LogP contribution in [0.1, 0.15) is 39.3 Å². The van der Waals surface area contributed by atoms with Crippen LogP contribution < -0.4 is 5.73 Å². The fourth-order valence-electron chi connectivity index (χ4n) is 2.40. The molecule has 0 aliphatic carbocycles. The molecule has 0 aliphatic heterocycles. The summed E-state index contributed by atoms with van der Waals surface area (Å²) in [7, 11) is 0. The Bertz CT molecular complexity index is 399. The lowest BCUT2D eigenvalue weighted by Gasteiger charge is -2.41. The van der Waals surface area contributed by atoms with Crippen molar-refractivity contribution in [3.63, 3.8) is 0 Å². The highest BCUT2D eigenvalue weighted by Crippen LogP contribution is 2.34. The van der Waals surface area contributed by atoms with Gasteiger partial charge in [-0.15, -0.1) is 0 Å². The lowest BCUT2D eigenvalue weighted by atomic mass is 9.97. The maximum atomic E-state index is 9.96. The Kier molecular flexibility index (Phi) is 4.59. The van der Waals surface area contributed by atoms with E-state index in [1.54, 1.807) is 12.1 Å². The number of phenols is 2. The van der Waals surface area contributed by atoms with Crippen molar-refractivity contribution in [1.29, 1.82) is 0 Å². The molecule has 0 spiro atoms. The number of aromatic hydroxyl groups is 2. The average Bonchev–Trinajstić information content (AvgIpc) is 2.25. The van der Waals surface area contributed by atoms with Crippen LogP contribution in [0, 0.1) is 0 Å². The molecule has 1 rings (SSSR count). The lowest BCUT2D eigenvalue weighted by molar-refractivity contribution is 0.0905. The van der Waals surface area contributed by atoms with Gasteiger partial charge in [-0.2, -0.15) is 0 Å². The summed E-state index contributed by atoms with van der Waals surface area (Å²) in [5.41, 5.74) is 6.59. The van der Waals surface area contributed by atoms with Gasteiger partial charge in [0.1, 0.15) is 11.5 Å². The van der Waals surface area contributed by atoms with Crippen molar-refractivity contribution in [2.45, 2.75) is 39.3 Å². The van der Waals surface area contributed by atoms with Gasteiger partial charge < -0.3 is 15.9 Å². The normalized spacial score (nSPS) is 13.9. The maximum Gasteiger partial charge on any atom is 0.124 e. The summed E-state index contributed by atoms with van der Waals surface area (Å²) >= 11 is 0. The lowest BCUT2D eigenvalue weighted by Crippen LogP contribution is -2.46. The number of benzene rings is 1. The van der Waals surface area contributed by atoms with E-state index in [1.165, 1.54) is 6.07 Å². The van der Waals surface area contributed by atoms with Crippen molar-refractivity contribution in [2.75, 3.05) is 13.1 Å². The Labute approximate surface area is 109 Å². The van der Waals surface area contributed by atoms with Gasteiger partial charge >= 0.3 is 0 Å². The molecule has 0 heterocycles. The van der Waals surface area contributed by atoms with Gasteiger partial charge in [0.2, 0.25) is 0 Å². The first-order valence-corrected chi connectivity index (χ1v) is 6.30. The van der Waals surface area contributed by atoms with E-state index in [0.29, 0.717) is 6.54 Å². The number of likely N-dealkylation sites (N-methyl/N-ethyl adjacent to an activating group) is 1. The third-order valence-electron chi connectivity index (χ3n) is 3.17. The molecule has 0 radical (unpaired) electrons. The summed E-state index contributed by atoms with van der Waals surface area (Å²) < 4.78 is 0. The highest BCUT2D eigenvalue weighted by Gasteiger charge is 2.29. The molecule has 1 unspecified atom stereocenters. The van der Waals surface area contributed by atoms with E-state index in [2.05, 4.69) is 32.6 Å². The minimum absolute atomic E-state index is 0.0386. The van der Waals surface area contributed by atoms with Gasteiger partial charge in [0.05, 0.1) is 6.04 Å². The van der Waals surface area contributed by atoms with Crippen LogP contribution in [0.15, 0.2) is 18.2 Å². The second kappa shape index (κ2) is 5.59. The van der Waals surface area contributed by atoms with E-state index in [0.717, 1.165) is 12.1 Å². The van der Waals surface area contributed by atoms with Gasteiger partial charge in [-0.05, 0) is 33.4 Å². The van der Waals surface area contributed by atoms with Crippen LogP contribution in [0.25, 0.3) is 0 Å². The Morgan fingerprint density at radius 2 is 1.89 bits per heavy atom. The molecule has 18 heavy (non-hydrogen) atoms. The number of hydrogen-bond acceptors (Lipinski definition) is 4. The zero-order valence-electron chi connectivity index (χ0n) is 11.6. The number of nitrogens with zero attached hydrogens (tertiary/aromatic N) is 1. The molecule has 0 bridgehead atoms. The maximum absolute atomic E-state index is 9.96. The number of hydrogen-bond donors (Lipinski definition) is 3. The van der Waals surface area contributed by atoms with Crippen molar-refractivity contribution < 1.29 is 10.2 Å². The van der Waals surface area contributed by atoms with Crippen LogP contribution in [0.2, 0.25) is 0 Å². The van der Waals surface area contributed by atoms with Crippen molar-refractivity contribution in [3.8, 4) is 11.5 Å². The Balaban J connectivity index is 3.16. The smallest absolute Gasteiger partial charge is 0.124 e. The van der Waals surface area contributed by atoms with Gasteiger partial charge in [-0.25, -0.2) is 0 Å². The topological polar surface area (TPSA) is 69.7 Å². The van der Waals surface area contributed by atoms with Crippen LogP contribution in [0.4, 0.5) is 0 Å². The van der Waals surface area contributed by atoms with Gasteiger partial charge in [0, 0.05) is 23.7 Å². The van der Waals surface area contributed by atoms with E-state index >= 15 is 0 Å². The Morgan fingerprint density at radius 1 is 1.28 bits per heavy atom. The molecule has 1 aromatic rings. The molecule has 0 aliphatic rings. The zero-order valence-corrected chi connectivity index (χ0v) is 11.6. The Hall–Kier alpha value is -1.26. The molecule has 1 atom stereocenters. The molecule has 0 amide bonds. The molecule has 1 aromatic carbocycles. The highest BCUT2D eigenvalue weighted by atomic mass is 16.3. The molecular weight excluding hydrogens is 228 g/mol. The molecule has 0 saturated heterocycles. The second-order valence-corrected chi connectivity index (χ2v) is 5.45. The second-order valence-electron chi connectivity index (χ2n) is 5.45. The van der Waals surface area contributed by atoms with E-state index in [1.807, 2.05) is 0 Å². The van der Waals surface area contributed by atoms with E-state index in [-0.39, 0.29) is 23.1 Å². The fourth-order valence-corrected chi connectivity index (χ4v) is 2.40. The average molecular weight is 252 g/mol. The minimum atomic E-state index is -0.0596. The molecule has 0 aromatic heterocycles. The standard InChI is InChI=1S/C14H24N2O2/c1-5-16(14(2,3)4)12(9-15)11-7-6-10(17)8-13(11)18/h6-8,12,17-18H,5,9,15H2,1-4H3. The first-order valence-electron chi connectivity index (χ1n) is 6.30. The summed E-state index contributed by atoms with van der Waals surface area (Å²) in [5, 5.41) is 19.3. The minimum Gasteiger partial charge on any atom is -0.508 e. The first kappa shape index (κ1) is 14.8. The summed E-state index contributed by atoms with van der Waals surface area (Å²) in [6.07, 6.45) is 0. The third kappa shape index (κ3) is 3.15. The largest absolute Gasteiger partial charge is 0.508 e. The highest BCUT2D eigenvalue weighted by molar-refractivity contribution is 5.41. The predicted octanol–water partition coefficient (Wildman–Crippen LogP) is 2.22. The zero-order chi connectivity index (χ0) is 13.9. The number of nitrogens with two attached hydrogens (primary N) is 1. The molecule has 4 heteroatoms. The summed E-state index contributed by atoms with van der Waals surface area (Å²) in [6, 6.07) is 4.61. The monoisotopic (exact) mass is 252 g/mol. The van der Waals surface area contributed by atoms with Crippen molar-refractivity contribution in [1.82, 2.24) is 4.90 Å². The van der Waals surface area contributed by atoms with Crippen molar-refractivity contribution in [2.24, 2.45) is 5.73 Å². The Morgan fingerprint density at radius 3 is 2.28 bits per heavy atom. The van der Waals surface area contributed by atoms with Crippen molar-refractivity contribution >= 4 is 0 Å². The van der Waals surface area contributed by atoms with Crippen LogP contribution in [-0.4, -0.2) is 33.7 Å². The number of phenolic OH excluding ortho intramolecular Hbond substituents is 2. The SMILES string of the molecule is CCN(C(CN)c1ccc(O)cc1O)C(C)(C)C. The first-order chi connectivity index (χ1) is 8.31. The van der Waals surface area contributed by atoms with Crippen LogP contribution >= 0.6 is 0 Å². The molecule has 4 nitrogen and oxygen atoms in total. The molecule has 0 saturated carbocycles. The predicted molar refractivity (Wildman–Crippen MR) is 73.7 cm³/mol. The van der Waals surface area contributed by atoms with Crippen molar-refractivity contribution in [3.05, 3.63) is 23.8 Å². The van der Waals surface area contributed by atoms with E-state index in [4.69, 9.17) is 5.73 Å². The van der Waals surface area contributed by atoms with Crippen LogP contribution in [-0.2, 0) is 0 Å². The molecule has 102 valence electrons. The third-order valence-corrected chi connectivity index (χ3v) is 3.17. The van der Waals surface area contributed by atoms with Gasteiger partial charge in [-0.3, -0.25) is 4.90 Å². The van der Waals surface area contributed by atoms with Gasteiger partial charge in [0.15, 0.2) is 0 Å². The van der Waals surface area contributed by atoms with E-state index in [9.17, 15) is 10.2 Å². The summed E-state index contributed by atoms with van der Waals surface area (Å²) in [4.78, 5) is 2.24. The summed E-state index contributed by atoms with van der Waals surface area (Å²) in [5.74, 6) is 0.152. The van der Waals surface area contributed by atoms with Gasteiger partial charge in [-0.1, -0.05) is 13.0 Å². The van der Waals surface area contributed by atoms with Gasteiger partial charge in [0.25, 0.3) is 0 Å². The molecular formula is C14H24N2O2. The fraction of sp³-hybridized carbons (Fsp3) is 0.571. The van der Waals surface area contributed by atoms with E-state index < -0.39 is 0 Å². The summed E-state index contributed by atoms with van der Waals surface area (Å²) in [6.45, 7) is 9.70. The quantitative estimate of drug-likeness (QED) is 0.768. The number of rotatable bonds is 4.